The van der Waals surface area contributed by atoms with Crippen LogP contribution in [-0.4, -0.2) is 49.7 Å². The highest BCUT2D eigenvalue weighted by Crippen LogP contribution is 2.27. The molecule has 0 amide bonds. The van der Waals surface area contributed by atoms with Gasteiger partial charge in [0.2, 0.25) is 0 Å². The summed E-state index contributed by atoms with van der Waals surface area (Å²) in [5.41, 5.74) is 0. The molecule has 4 heteroatoms. The third-order valence-electron chi connectivity index (χ3n) is 3.94. The molecular weight excluding hydrogens is 240 g/mol. The van der Waals surface area contributed by atoms with Crippen LogP contribution in [-0.2, 0) is 9.53 Å². The number of carbonyl (C=O) groups is 1. The van der Waals surface area contributed by atoms with Gasteiger partial charge in [0, 0.05) is 19.1 Å². The lowest BCUT2D eigenvalue weighted by Crippen LogP contribution is -2.44. The van der Waals surface area contributed by atoms with Gasteiger partial charge >= 0.3 is 5.97 Å². The van der Waals surface area contributed by atoms with Crippen molar-refractivity contribution in [1.82, 2.24) is 10.2 Å². The van der Waals surface area contributed by atoms with E-state index in [0.29, 0.717) is 6.04 Å². The maximum atomic E-state index is 11.7. The molecule has 1 N–H and O–H groups in total. The van der Waals surface area contributed by atoms with Crippen molar-refractivity contribution in [3.63, 3.8) is 0 Å². The molecule has 1 fully saturated rings. The standard InChI is InChI=1S/C15H30N2O2/c1-5-17(11-13-7-6-8-13)10-9-14(15(18)19-4)16-12(2)3/h12-14,16H,5-11H2,1-4H3. The molecule has 1 rings (SSSR count). The second-order valence-corrected chi connectivity index (χ2v) is 5.88. The fourth-order valence-corrected chi connectivity index (χ4v) is 2.54. The molecule has 112 valence electrons. The average Bonchev–Trinajstić information content (AvgIpc) is 2.33. The number of nitrogens with one attached hydrogen (secondary N) is 1. The number of esters is 1. The summed E-state index contributed by atoms with van der Waals surface area (Å²) in [6, 6.07) is 0.117. The maximum Gasteiger partial charge on any atom is 0.322 e. The summed E-state index contributed by atoms with van der Waals surface area (Å²) in [5.74, 6) is 0.739. The van der Waals surface area contributed by atoms with E-state index in [1.807, 2.05) is 0 Å². The highest BCUT2D eigenvalue weighted by Gasteiger charge is 2.23. The maximum absolute atomic E-state index is 11.7. The second-order valence-electron chi connectivity index (χ2n) is 5.88. The summed E-state index contributed by atoms with van der Waals surface area (Å²) < 4.78 is 4.87. The summed E-state index contributed by atoms with van der Waals surface area (Å²) in [6.45, 7) is 9.52. The second kappa shape index (κ2) is 8.54. The summed E-state index contributed by atoms with van der Waals surface area (Å²) in [6.07, 6.45) is 4.97. The first-order valence-electron chi connectivity index (χ1n) is 7.63. The third kappa shape index (κ3) is 5.91. The molecule has 1 atom stereocenters. The van der Waals surface area contributed by atoms with E-state index in [-0.39, 0.29) is 12.0 Å². The minimum atomic E-state index is -0.180. The Morgan fingerprint density at radius 3 is 2.53 bits per heavy atom. The Kier molecular flexibility index (Phi) is 7.39. The first kappa shape index (κ1) is 16.4. The van der Waals surface area contributed by atoms with Gasteiger partial charge in [-0.15, -0.1) is 0 Å². The van der Waals surface area contributed by atoms with Gasteiger partial charge in [0.05, 0.1) is 7.11 Å². The number of rotatable bonds is 9. The van der Waals surface area contributed by atoms with Crippen molar-refractivity contribution in [2.75, 3.05) is 26.7 Å². The van der Waals surface area contributed by atoms with Crippen LogP contribution >= 0.6 is 0 Å². The molecule has 1 saturated carbocycles. The lowest BCUT2D eigenvalue weighted by Gasteiger charge is -2.32. The molecule has 0 aromatic rings. The lowest BCUT2D eigenvalue weighted by molar-refractivity contribution is -0.143. The van der Waals surface area contributed by atoms with Gasteiger partial charge in [-0.1, -0.05) is 27.2 Å². The van der Waals surface area contributed by atoms with Crippen LogP contribution in [0.2, 0.25) is 0 Å². The van der Waals surface area contributed by atoms with Crippen LogP contribution in [0.4, 0.5) is 0 Å². The monoisotopic (exact) mass is 270 g/mol. The Balaban J connectivity index is 2.36. The zero-order valence-corrected chi connectivity index (χ0v) is 12.9. The number of methoxy groups -OCH3 is 1. The fraction of sp³-hybridized carbons (Fsp3) is 0.933. The van der Waals surface area contributed by atoms with Crippen molar-refractivity contribution in [2.24, 2.45) is 5.92 Å². The van der Waals surface area contributed by atoms with E-state index < -0.39 is 0 Å². The summed E-state index contributed by atoms with van der Waals surface area (Å²) >= 11 is 0. The van der Waals surface area contributed by atoms with Crippen molar-refractivity contribution in [2.45, 2.75) is 58.5 Å². The number of carbonyl (C=O) groups excluding carboxylic acids is 1. The lowest BCUT2D eigenvalue weighted by atomic mass is 9.85. The number of nitrogens with zero attached hydrogens (tertiary/aromatic N) is 1. The Morgan fingerprint density at radius 1 is 1.42 bits per heavy atom. The van der Waals surface area contributed by atoms with Crippen molar-refractivity contribution in [3.8, 4) is 0 Å². The van der Waals surface area contributed by atoms with Crippen LogP contribution in [0.15, 0.2) is 0 Å². The third-order valence-corrected chi connectivity index (χ3v) is 3.94. The van der Waals surface area contributed by atoms with Gasteiger partial charge in [0.25, 0.3) is 0 Å². The largest absolute Gasteiger partial charge is 0.468 e. The molecule has 0 bridgehead atoms. The molecule has 19 heavy (non-hydrogen) atoms. The normalized spacial score (nSPS) is 17.6. The number of ether oxygens (including phenoxy) is 1. The quantitative estimate of drug-likeness (QED) is 0.651. The van der Waals surface area contributed by atoms with E-state index >= 15 is 0 Å². The first-order chi connectivity index (χ1) is 9.06. The van der Waals surface area contributed by atoms with Gasteiger partial charge in [-0.05, 0) is 31.7 Å². The molecule has 0 saturated heterocycles. The van der Waals surface area contributed by atoms with Gasteiger partial charge < -0.3 is 15.0 Å². The average molecular weight is 270 g/mol. The van der Waals surface area contributed by atoms with Crippen molar-refractivity contribution >= 4 is 5.97 Å². The molecule has 0 aromatic carbocycles. The van der Waals surface area contributed by atoms with Crippen LogP contribution in [0, 0.1) is 5.92 Å². The Hall–Kier alpha value is -0.610. The van der Waals surface area contributed by atoms with E-state index in [0.717, 1.165) is 25.4 Å². The number of hydrogen-bond donors (Lipinski definition) is 1. The summed E-state index contributed by atoms with van der Waals surface area (Å²) in [5, 5.41) is 3.29. The molecular formula is C15H30N2O2. The zero-order chi connectivity index (χ0) is 14.3. The summed E-state index contributed by atoms with van der Waals surface area (Å²) in [4.78, 5) is 14.2. The Bertz CT molecular complexity index is 265. The van der Waals surface area contributed by atoms with Gasteiger partial charge in [-0.25, -0.2) is 0 Å². The molecule has 0 heterocycles. The van der Waals surface area contributed by atoms with E-state index in [1.54, 1.807) is 0 Å². The Morgan fingerprint density at radius 2 is 2.11 bits per heavy atom. The van der Waals surface area contributed by atoms with Crippen molar-refractivity contribution < 1.29 is 9.53 Å². The first-order valence-corrected chi connectivity index (χ1v) is 7.63. The molecule has 1 unspecified atom stereocenters. The smallest absolute Gasteiger partial charge is 0.322 e. The zero-order valence-electron chi connectivity index (χ0n) is 12.9. The fourth-order valence-electron chi connectivity index (χ4n) is 2.54. The van der Waals surface area contributed by atoms with Gasteiger partial charge in [0.1, 0.15) is 6.04 Å². The predicted octanol–water partition coefficient (Wildman–Crippen LogP) is 2.04. The predicted molar refractivity (Wildman–Crippen MR) is 78.1 cm³/mol. The van der Waals surface area contributed by atoms with Gasteiger partial charge in [0.15, 0.2) is 0 Å². The Labute approximate surface area is 117 Å². The minimum absolute atomic E-state index is 0.145. The highest BCUT2D eigenvalue weighted by atomic mass is 16.5. The van der Waals surface area contributed by atoms with E-state index in [2.05, 4.69) is 31.0 Å². The van der Waals surface area contributed by atoms with Crippen LogP contribution < -0.4 is 5.32 Å². The SMILES string of the molecule is CCN(CCC(NC(C)C)C(=O)OC)CC1CCC1. The van der Waals surface area contributed by atoms with E-state index in [9.17, 15) is 4.79 Å². The molecule has 1 aliphatic carbocycles. The summed E-state index contributed by atoms with van der Waals surface area (Å²) in [7, 11) is 1.46. The van der Waals surface area contributed by atoms with E-state index in [1.165, 1.54) is 32.9 Å². The molecule has 1 aliphatic rings. The van der Waals surface area contributed by atoms with Crippen LogP contribution in [0.5, 0.6) is 0 Å². The molecule has 0 aromatic heterocycles. The highest BCUT2D eigenvalue weighted by molar-refractivity contribution is 5.75. The van der Waals surface area contributed by atoms with Crippen molar-refractivity contribution in [3.05, 3.63) is 0 Å². The molecule has 4 nitrogen and oxygen atoms in total. The van der Waals surface area contributed by atoms with Crippen molar-refractivity contribution in [1.29, 1.82) is 0 Å². The molecule has 0 radical (unpaired) electrons. The number of hydrogen-bond acceptors (Lipinski definition) is 4. The van der Waals surface area contributed by atoms with E-state index in [4.69, 9.17) is 4.74 Å². The topological polar surface area (TPSA) is 41.6 Å². The van der Waals surface area contributed by atoms with Gasteiger partial charge in [-0.3, -0.25) is 4.79 Å². The molecule has 0 aliphatic heterocycles. The van der Waals surface area contributed by atoms with Crippen LogP contribution in [0.25, 0.3) is 0 Å². The van der Waals surface area contributed by atoms with Crippen LogP contribution in [0.1, 0.15) is 46.5 Å². The molecule has 0 spiro atoms. The van der Waals surface area contributed by atoms with Crippen LogP contribution in [0.3, 0.4) is 0 Å². The minimum Gasteiger partial charge on any atom is -0.468 e. The van der Waals surface area contributed by atoms with Gasteiger partial charge in [-0.2, -0.15) is 0 Å².